The van der Waals surface area contributed by atoms with Crippen molar-refractivity contribution in [3.8, 4) is 5.75 Å². The molecule has 0 saturated carbocycles. The second kappa shape index (κ2) is 8.78. The molecule has 0 bridgehead atoms. The lowest BCUT2D eigenvalue weighted by atomic mass is 9.85. The lowest BCUT2D eigenvalue weighted by Gasteiger charge is -2.33. The van der Waals surface area contributed by atoms with Crippen molar-refractivity contribution in [1.29, 1.82) is 0 Å². The van der Waals surface area contributed by atoms with E-state index in [-0.39, 0.29) is 42.2 Å². The molecule has 0 aromatic heterocycles. The van der Waals surface area contributed by atoms with Crippen LogP contribution in [-0.4, -0.2) is 65.3 Å². The molecule has 0 amide bonds. The van der Waals surface area contributed by atoms with Crippen molar-refractivity contribution < 1.29 is 42.0 Å². The lowest BCUT2D eigenvalue weighted by Crippen LogP contribution is -2.44. The average Bonchev–Trinajstić information content (AvgIpc) is 2.60. The van der Waals surface area contributed by atoms with Crippen LogP contribution in [0, 0.1) is 0 Å². The summed E-state index contributed by atoms with van der Waals surface area (Å²) in [4.78, 5) is 15.9. The number of carboxylic acids is 1. The first-order valence-electron chi connectivity index (χ1n) is 8.37. The minimum Gasteiger partial charge on any atom is -0.508 e. The second-order valence-corrected chi connectivity index (χ2v) is 7.72. The van der Waals surface area contributed by atoms with Crippen LogP contribution in [0.5, 0.6) is 5.75 Å². The summed E-state index contributed by atoms with van der Waals surface area (Å²) < 4.78 is 39.8. The van der Waals surface area contributed by atoms with Gasteiger partial charge in [0, 0.05) is 19.3 Å². The number of ether oxygens (including phenoxy) is 1. The summed E-state index contributed by atoms with van der Waals surface area (Å²) in [7, 11) is -3.50. The van der Waals surface area contributed by atoms with E-state index in [2.05, 4.69) is 9.18 Å². The number of aliphatic hydroxyl groups is 1. The number of carboxylic acid groups (broad SMARTS) is 1. The zero-order valence-corrected chi connectivity index (χ0v) is 16.3. The number of aliphatic carboxylic acids is 1. The maximum absolute atomic E-state index is 11.7. The number of carbonyl (C=O) groups is 1. The molecule has 0 fully saturated rings. The van der Waals surface area contributed by atoms with Crippen molar-refractivity contribution in [2.24, 2.45) is 10.7 Å². The van der Waals surface area contributed by atoms with Crippen molar-refractivity contribution >= 4 is 22.1 Å². The van der Waals surface area contributed by atoms with Gasteiger partial charge in [-0.15, -0.1) is 0 Å². The van der Waals surface area contributed by atoms with Crippen LogP contribution < -0.4 is 5.73 Å². The molecule has 0 radical (unpaired) electrons. The van der Waals surface area contributed by atoms with Gasteiger partial charge in [-0.25, -0.2) is 8.98 Å². The fraction of sp³-hybridized carbons (Fsp3) is 0.412. The van der Waals surface area contributed by atoms with Crippen LogP contribution in [0.3, 0.4) is 0 Å². The molecule has 1 aromatic rings. The first kappa shape index (κ1) is 22.6. The van der Waals surface area contributed by atoms with Gasteiger partial charge in [0.1, 0.15) is 11.4 Å². The van der Waals surface area contributed by atoms with E-state index >= 15 is 0 Å². The zero-order chi connectivity index (χ0) is 21.8. The van der Waals surface area contributed by atoms with Gasteiger partial charge in [-0.3, -0.25) is 9.55 Å². The van der Waals surface area contributed by atoms with Crippen LogP contribution in [0.4, 0.5) is 0 Å². The van der Waals surface area contributed by atoms with Crippen LogP contribution >= 0.6 is 0 Å². The molecule has 11 nitrogen and oxygen atoms in total. The molecule has 2 rings (SSSR count). The highest BCUT2D eigenvalue weighted by atomic mass is 32.3. The lowest BCUT2D eigenvalue weighted by molar-refractivity contribution is -0.138. The predicted octanol–water partition coefficient (Wildman–Crippen LogP) is -0.0101. The molecule has 0 spiro atoms. The highest BCUT2D eigenvalue weighted by molar-refractivity contribution is 7.80. The van der Waals surface area contributed by atoms with E-state index in [9.17, 15) is 28.5 Å². The average molecular weight is 430 g/mol. The number of nitrogens with zero attached hydrogens (tertiary/aromatic N) is 1. The molecule has 0 aliphatic heterocycles. The SMILES string of the molecule is COC1=C(N)CC(O)(COS(=O)(=O)O)CC1=N[C@@H](Cc1ccc(O)cc1)C(=O)O. The van der Waals surface area contributed by atoms with E-state index in [1.54, 1.807) is 12.1 Å². The standard InChI is InChI=1S/C17H22N2O9S/c1-27-15-12(18)7-17(23,9-28-29(24,25)26)8-14(15)19-13(16(21)22)6-10-2-4-11(20)5-3-10/h2-5,13,20,23H,6-9,18H2,1H3,(H,21,22)(H,24,25,26)/t13-,17?/m0/s1. The highest BCUT2D eigenvalue weighted by Gasteiger charge is 2.39. The van der Waals surface area contributed by atoms with Gasteiger partial charge in [0.15, 0.2) is 11.8 Å². The summed E-state index contributed by atoms with van der Waals surface area (Å²) in [5.74, 6) is -1.14. The van der Waals surface area contributed by atoms with E-state index in [0.29, 0.717) is 5.56 Å². The van der Waals surface area contributed by atoms with Crippen molar-refractivity contribution in [2.75, 3.05) is 13.7 Å². The normalized spacial score (nSPS) is 22.5. The highest BCUT2D eigenvalue weighted by Crippen LogP contribution is 2.30. The van der Waals surface area contributed by atoms with Gasteiger partial charge in [0.2, 0.25) is 0 Å². The van der Waals surface area contributed by atoms with E-state index in [1.807, 2.05) is 0 Å². The molecule has 160 valence electrons. The molecule has 1 aliphatic rings. The summed E-state index contributed by atoms with van der Waals surface area (Å²) in [5, 5.41) is 29.5. The Labute approximate surface area is 167 Å². The number of phenolic OH excluding ortho intramolecular Hbond substituents is 1. The van der Waals surface area contributed by atoms with Gasteiger partial charge in [-0.1, -0.05) is 12.1 Å². The van der Waals surface area contributed by atoms with Gasteiger partial charge in [0.25, 0.3) is 0 Å². The molecule has 1 aromatic carbocycles. The molecule has 1 unspecified atom stereocenters. The Balaban J connectivity index is 2.34. The van der Waals surface area contributed by atoms with E-state index in [0.717, 1.165) is 0 Å². The number of benzene rings is 1. The number of rotatable bonds is 8. The molecule has 0 saturated heterocycles. The first-order valence-corrected chi connectivity index (χ1v) is 9.73. The first-order chi connectivity index (χ1) is 13.4. The molecule has 1 aliphatic carbocycles. The number of aromatic hydroxyl groups is 1. The summed E-state index contributed by atoms with van der Waals surface area (Å²) in [5.41, 5.74) is 4.67. The van der Waals surface area contributed by atoms with E-state index in [1.165, 1.54) is 19.2 Å². The number of allylic oxidation sites excluding steroid dienone is 1. The molecule has 12 heteroatoms. The third kappa shape index (κ3) is 6.42. The van der Waals surface area contributed by atoms with Crippen molar-refractivity contribution in [3.05, 3.63) is 41.3 Å². The van der Waals surface area contributed by atoms with Gasteiger partial charge in [-0.05, 0) is 17.7 Å². The molecule has 29 heavy (non-hydrogen) atoms. The Kier molecular flexibility index (Phi) is 6.85. The molecule has 6 N–H and O–H groups in total. The number of nitrogens with two attached hydrogens (primary N) is 1. The maximum Gasteiger partial charge on any atom is 0.397 e. The smallest absolute Gasteiger partial charge is 0.397 e. The number of methoxy groups -OCH3 is 1. The van der Waals surface area contributed by atoms with Gasteiger partial charge in [0.05, 0.1) is 25.1 Å². The Morgan fingerprint density at radius 3 is 2.45 bits per heavy atom. The predicted molar refractivity (Wildman–Crippen MR) is 101 cm³/mol. The van der Waals surface area contributed by atoms with Crippen molar-refractivity contribution in [3.63, 3.8) is 0 Å². The third-order valence-electron chi connectivity index (χ3n) is 4.21. The largest absolute Gasteiger partial charge is 0.508 e. The van der Waals surface area contributed by atoms with Crippen LogP contribution in [0.2, 0.25) is 0 Å². The van der Waals surface area contributed by atoms with Gasteiger partial charge in [-0.2, -0.15) is 8.42 Å². The minimum absolute atomic E-state index is 0.0175. The van der Waals surface area contributed by atoms with Crippen molar-refractivity contribution in [2.45, 2.75) is 30.9 Å². The zero-order valence-electron chi connectivity index (χ0n) is 15.5. The number of aliphatic imine (C=N–C) groups is 1. The Hall–Kier alpha value is -2.67. The van der Waals surface area contributed by atoms with Gasteiger partial charge < -0.3 is 25.8 Å². The molecular weight excluding hydrogens is 408 g/mol. The van der Waals surface area contributed by atoms with Gasteiger partial charge >= 0.3 is 16.4 Å². The number of hydrogen-bond donors (Lipinski definition) is 5. The van der Waals surface area contributed by atoms with Crippen LogP contribution in [0.25, 0.3) is 0 Å². The molecule has 2 atom stereocenters. The van der Waals surface area contributed by atoms with Crippen LogP contribution in [0.15, 0.2) is 40.7 Å². The summed E-state index contributed by atoms with van der Waals surface area (Å²) in [6.45, 7) is -0.807. The molecular formula is C17H22N2O9S. The van der Waals surface area contributed by atoms with Crippen molar-refractivity contribution in [1.82, 2.24) is 0 Å². The van der Waals surface area contributed by atoms with E-state index < -0.39 is 34.6 Å². The quantitative estimate of drug-likeness (QED) is 0.351. The Bertz CT molecular complexity index is 925. The minimum atomic E-state index is -4.80. The summed E-state index contributed by atoms with van der Waals surface area (Å²) >= 11 is 0. The Morgan fingerprint density at radius 2 is 1.93 bits per heavy atom. The van der Waals surface area contributed by atoms with Crippen LogP contribution in [0.1, 0.15) is 18.4 Å². The fourth-order valence-electron chi connectivity index (χ4n) is 2.95. The number of hydrogen-bond acceptors (Lipinski definition) is 9. The Morgan fingerprint density at radius 1 is 1.31 bits per heavy atom. The topological polar surface area (TPSA) is 189 Å². The fourth-order valence-corrected chi connectivity index (χ4v) is 3.31. The molecule has 0 heterocycles. The van der Waals surface area contributed by atoms with E-state index in [4.69, 9.17) is 15.0 Å². The monoisotopic (exact) mass is 430 g/mol. The summed E-state index contributed by atoms with van der Waals surface area (Å²) in [6, 6.07) is 4.64. The summed E-state index contributed by atoms with van der Waals surface area (Å²) in [6.07, 6.45) is -0.567. The second-order valence-electron chi connectivity index (χ2n) is 6.63. The van der Waals surface area contributed by atoms with Crippen LogP contribution in [-0.2, 0) is 30.5 Å². The third-order valence-corrected chi connectivity index (χ3v) is 4.63. The number of phenols is 1. The maximum atomic E-state index is 11.7.